The summed E-state index contributed by atoms with van der Waals surface area (Å²) in [6.07, 6.45) is 0. The molecule has 0 atom stereocenters. The van der Waals surface area contributed by atoms with E-state index in [1.807, 2.05) is 0 Å². The minimum atomic E-state index is -0.744. The Balaban J connectivity index is 0.00000225. The Labute approximate surface area is 96.5 Å². The van der Waals surface area contributed by atoms with Crippen LogP contribution in [0.5, 0.6) is 0 Å². The SMILES string of the molecule is NC(=Nc1cc(F)cc(F)c1)[NH+]=C(N)N.[Cl-]. The molecule has 0 aliphatic carbocycles. The van der Waals surface area contributed by atoms with Gasteiger partial charge in [-0.05, 0) is 0 Å². The Hall–Kier alpha value is -1.89. The third kappa shape index (κ3) is 4.56. The van der Waals surface area contributed by atoms with E-state index in [4.69, 9.17) is 17.2 Å². The van der Waals surface area contributed by atoms with Crippen molar-refractivity contribution in [1.82, 2.24) is 0 Å². The Morgan fingerprint density at radius 3 is 2.00 bits per heavy atom. The molecule has 0 saturated heterocycles. The van der Waals surface area contributed by atoms with Gasteiger partial charge in [-0.3, -0.25) is 0 Å². The smallest absolute Gasteiger partial charge is 0.316 e. The number of nitrogens with two attached hydrogens (primary N) is 3. The average molecular weight is 250 g/mol. The van der Waals surface area contributed by atoms with Gasteiger partial charge in [0.2, 0.25) is 0 Å². The Morgan fingerprint density at radius 1 is 1.06 bits per heavy atom. The van der Waals surface area contributed by atoms with Crippen molar-refractivity contribution in [1.29, 1.82) is 0 Å². The van der Waals surface area contributed by atoms with Crippen molar-refractivity contribution in [3.05, 3.63) is 29.8 Å². The first-order valence-corrected chi connectivity index (χ1v) is 3.92. The fraction of sp³-hybridized carbons (Fsp3) is 0. The van der Waals surface area contributed by atoms with Crippen LogP contribution in [-0.4, -0.2) is 11.9 Å². The zero-order valence-electron chi connectivity index (χ0n) is 8.05. The molecule has 0 saturated carbocycles. The summed E-state index contributed by atoms with van der Waals surface area (Å²) >= 11 is 0. The Kier molecular flexibility index (Phi) is 5.17. The van der Waals surface area contributed by atoms with Crippen LogP contribution in [0.3, 0.4) is 0 Å². The van der Waals surface area contributed by atoms with E-state index < -0.39 is 11.6 Å². The molecular formula is C8H10ClF2N5. The summed E-state index contributed by atoms with van der Waals surface area (Å²) in [5.74, 6) is -1.80. The molecule has 0 aliphatic heterocycles. The monoisotopic (exact) mass is 249 g/mol. The van der Waals surface area contributed by atoms with Crippen molar-refractivity contribution >= 4 is 17.6 Å². The van der Waals surface area contributed by atoms with Gasteiger partial charge in [0.05, 0.1) is 0 Å². The van der Waals surface area contributed by atoms with Crippen LogP contribution in [0.1, 0.15) is 0 Å². The van der Waals surface area contributed by atoms with Gasteiger partial charge in [0.15, 0.2) is 0 Å². The summed E-state index contributed by atoms with van der Waals surface area (Å²) in [7, 11) is 0. The fourth-order valence-electron chi connectivity index (χ4n) is 0.919. The first-order chi connectivity index (χ1) is 6.97. The summed E-state index contributed by atoms with van der Waals surface area (Å²) in [5.41, 5.74) is 15.5. The summed E-state index contributed by atoms with van der Waals surface area (Å²) < 4.78 is 25.4. The molecule has 16 heavy (non-hydrogen) atoms. The molecule has 88 valence electrons. The number of benzene rings is 1. The second-order valence-corrected chi connectivity index (χ2v) is 2.71. The second-order valence-electron chi connectivity index (χ2n) is 2.71. The van der Waals surface area contributed by atoms with Crippen LogP contribution in [0.15, 0.2) is 23.2 Å². The Morgan fingerprint density at radius 2 is 1.56 bits per heavy atom. The number of guanidine groups is 2. The molecule has 5 nitrogen and oxygen atoms in total. The minimum Gasteiger partial charge on any atom is -1.00 e. The van der Waals surface area contributed by atoms with Gasteiger partial charge in [-0.2, -0.15) is 0 Å². The van der Waals surface area contributed by atoms with Crippen LogP contribution in [0.25, 0.3) is 0 Å². The number of hydrogen-bond donors (Lipinski definition) is 4. The Bertz CT molecular complexity index is 408. The molecular weight excluding hydrogens is 240 g/mol. The topological polar surface area (TPSA) is 104 Å². The summed E-state index contributed by atoms with van der Waals surface area (Å²) in [6.45, 7) is 0. The van der Waals surface area contributed by atoms with Gasteiger partial charge < -0.3 is 29.6 Å². The van der Waals surface area contributed by atoms with Crippen LogP contribution >= 0.6 is 0 Å². The highest BCUT2D eigenvalue weighted by Gasteiger charge is 2.02. The third-order valence-electron chi connectivity index (χ3n) is 1.37. The lowest BCUT2D eigenvalue weighted by atomic mass is 10.3. The minimum absolute atomic E-state index is 0. The number of nitrogens with one attached hydrogen (secondary N) is 1. The van der Waals surface area contributed by atoms with E-state index in [2.05, 4.69) is 9.98 Å². The van der Waals surface area contributed by atoms with E-state index in [1.54, 1.807) is 0 Å². The first kappa shape index (κ1) is 14.1. The largest absolute Gasteiger partial charge is 1.00 e. The van der Waals surface area contributed by atoms with Crippen molar-refractivity contribution in [3.8, 4) is 0 Å². The van der Waals surface area contributed by atoms with Crippen LogP contribution in [0, 0.1) is 11.6 Å². The number of hydrogen-bond acceptors (Lipinski definition) is 1. The van der Waals surface area contributed by atoms with Gasteiger partial charge in [-0.15, -0.1) is 4.99 Å². The zero-order valence-corrected chi connectivity index (χ0v) is 8.80. The standard InChI is InChI=1S/C8H9F2N5.ClH/c9-4-1-5(10)3-6(2-4)14-8(13)15-7(11)12;/h1-3H,(H6,11,12,13,14,15);1H. The molecule has 7 N–H and O–H groups in total. The molecule has 1 aromatic carbocycles. The second kappa shape index (κ2) is 5.86. The average Bonchev–Trinajstić information content (AvgIpc) is 1.98. The molecule has 0 fully saturated rings. The molecule has 0 spiro atoms. The summed E-state index contributed by atoms with van der Waals surface area (Å²) in [5, 5.41) is 0. The lowest BCUT2D eigenvalue weighted by molar-refractivity contribution is -0.320. The molecule has 0 aliphatic rings. The van der Waals surface area contributed by atoms with Crippen molar-refractivity contribution in [2.45, 2.75) is 0 Å². The summed E-state index contributed by atoms with van der Waals surface area (Å²) in [4.78, 5) is 5.93. The highest BCUT2D eigenvalue weighted by Crippen LogP contribution is 2.15. The normalized spacial score (nSPS) is 10.5. The molecule has 0 amide bonds. The molecule has 0 aromatic heterocycles. The van der Waals surface area contributed by atoms with Crippen LogP contribution in [0.4, 0.5) is 14.5 Å². The van der Waals surface area contributed by atoms with E-state index in [0.29, 0.717) is 0 Å². The number of nitrogens with zero attached hydrogens (tertiary/aromatic N) is 1. The lowest BCUT2D eigenvalue weighted by Crippen LogP contribution is -3.00. The first-order valence-electron chi connectivity index (χ1n) is 3.92. The maximum Gasteiger partial charge on any atom is 0.316 e. The number of halogens is 3. The van der Waals surface area contributed by atoms with Gasteiger partial charge in [0.25, 0.3) is 5.96 Å². The van der Waals surface area contributed by atoms with Gasteiger partial charge in [-0.25, -0.2) is 13.8 Å². The van der Waals surface area contributed by atoms with E-state index in [9.17, 15) is 8.78 Å². The highest BCUT2D eigenvalue weighted by molar-refractivity contribution is 5.79. The maximum absolute atomic E-state index is 12.7. The van der Waals surface area contributed by atoms with E-state index in [-0.39, 0.29) is 30.0 Å². The van der Waals surface area contributed by atoms with Gasteiger partial charge in [-0.1, -0.05) is 0 Å². The highest BCUT2D eigenvalue weighted by atomic mass is 35.5. The quantitative estimate of drug-likeness (QED) is 0.297. The maximum atomic E-state index is 12.7. The molecule has 8 heteroatoms. The molecule has 0 heterocycles. The van der Waals surface area contributed by atoms with Crippen molar-refractivity contribution in [2.75, 3.05) is 0 Å². The predicted octanol–water partition coefficient (Wildman–Crippen LogP) is -4.73. The summed E-state index contributed by atoms with van der Waals surface area (Å²) in [6, 6.07) is 2.76. The van der Waals surface area contributed by atoms with E-state index >= 15 is 0 Å². The fourth-order valence-corrected chi connectivity index (χ4v) is 0.919. The molecule has 0 unspecified atom stereocenters. The number of rotatable bonds is 1. The van der Waals surface area contributed by atoms with E-state index in [0.717, 1.165) is 18.2 Å². The number of aliphatic imine (C=N–C) groups is 1. The van der Waals surface area contributed by atoms with Crippen LogP contribution < -0.4 is 34.6 Å². The van der Waals surface area contributed by atoms with Crippen molar-refractivity contribution in [3.63, 3.8) is 0 Å². The van der Waals surface area contributed by atoms with Crippen molar-refractivity contribution in [2.24, 2.45) is 22.2 Å². The van der Waals surface area contributed by atoms with E-state index in [1.165, 1.54) is 0 Å². The van der Waals surface area contributed by atoms with Crippen LogP contribution in [0.2, 0.25) is 0 Å². The van der Waals surface area contributed by atoms with Crippen LogP contribution in [-0.2, 0) is 0 Å². The molecule has 1 rings (SSSR count). The van der Waals surface area contributed by atoms with Gasteiger partial charge >= 0.3 is 5.96 Å². The predicted molar refractivity (Wildman–Crippen MR) is 52.0 cm³/mol. The third-order valence-corrected chi connectivity index (χ3v) is 1.37. The zero-order chi connectivity index (χ0) is 11.4. The van der Waals surface area contributed by atoms with Gasteiger partial charge in [0.1, 0.15) is 17.3 Å². The van der Waals surface area contributed by atoms with Crippen molar-refractivity contribution < 1.29 is 26.2 Å². The lowest BCUT2D eigenvalue weighted by Gasteiger charge is -1.93. The molecule has 0 bridgehead atoms. The molecule has 0 radical (unpaired) electrons. The van der Waals surface area contributed by atoms with Gasteiger partial charge in [0, 0.05) is 18.2 Å². The molecule has 1 aromatic rings.